The first-order valence-electron chi connectivity index (χ1n) is 13.6. The number of nitrogens with zero attached hydrogens (tertiary/aromatic N) is 3. The van der Waals surface area contributed by atoms with E-state index < -0.39 is 0 Å². The molecule has 0 saturated carbocycles. The van der Waals surface area contributed by atoms with Crippen LogP contribution in [0.1, 0.15) is 27.4 Å². The maximum absolute atomic E-state index is 14.0. The summed E-state index contributed by atoms with van der Waals surface area (Å²) in [4.78, 5) is 32.4. The van der Waals surface area contributed by atoms with Crippen LogP contribution in [0.3, 0.4) is 0 Å². The van der Waals surface area contributed by atoms with Crippen LogP contribution in [0.2, 0.25) is 0 Å². The Labute approximate surface area is 248 Å². The Hall–Kier alpha value is -4.47. The number of aromatic hydroxyl groups is 1. The van der Waals surface area contributed by atoms with Crippen molar-refractivity contribution in [2.45, 2.75) is 19.0 Å². The molecule has 6 rings (SSSR count). The third-order valence-electron chi connectivity index (χ3n) is 7.93. The predicted molar refractivity (Wildman–Crippen MR) is 161 cm³/mol. The summed E-state index contributed by atoms with van der Waals surface area (Å²) in [6, 6.07) is 14.3. The fourth-order valence-electron chi connectivity index (χ4n) is 5.85. The normalized spacial score (nSPS) is 19.0. The molecule has 0 saturated heterocycles. The summed E-state index contributed by atoms with van der Waals surface area (Å²) < 4.78 is 10.3. The quantitative estimate of drug-likeness (QED) is 0.304. The maximum atomic E-state index is 14.0. The molecule has 10 heteroatoms. The highest BCUT2D eigenvalue weighted by atomic mass is 35.5. The number of ether oxygens (including phenoxy) is 2. The molecule has 3 heterocycles. The molecule has 0 radical (unpaired) electrons. The van der Waals surface area contributed by atoms with Crippen molar-refractivity contribution in [3.05, 3.63) is 101 Å². The van der Waals surface area contributed by atoms with E-state index in [1.807, 2.05) is 54.1 Å². The van der Waals surface area contributed by atoms with Gasteiger partial charge >= 0.3 is 0 Å². The summed E-state index contributed by atoms with van der Waals surface area (Å²) in [6.07, 6.45) is 7.12. The number of nitrogens with one attached hydrogen (secondary N) is 1. The van der Waals surface area contributed by atoms with Crippen LogP contribution in [0, 0.1) is 6.92 Å². The van der Waals surface area contributed by atoms with Crippen LogP contribution < -0.4 is 15.0 Å². The van der Waals surface area contributed by atoms with Gasteiger partial charge < -0.3 is 34.6 Å². The lowest BCUT2D eigenvalue weighted by atomic mass is 9.92. The molecule has 0 aromatic heterocycles. The zero-order valence-electron chi connectivity index (χ0n) is 23.5. The van der Waals surface area contributed by atoms with Crippen LogP contribution in [0.4, 0.5) is 5.69 Å². The van der Waals surface area contributed by atoms with Gasteiger partial charge in [0, 0.05) is 61.9 Å². The van der Waals surface area contributed by atoms with E-state index in [1.165, 1.54) is 0 Å². The first-order chi connectivity index (χ1) is 20.3. The number of phenolic OH excluding ortho intramolecular Hbond substituents is 1. The average molecular weight is 587 g/mol. The van der Waals surface area contributed by atoms with E-state index in [-0.39, 0.29) is 36.4 Å². The van der Waals surface area contributed by atoms with Crippen molar-refractivity contribution in [3.63, 3.8) is 0 Å². The Balaban J connectivity index is 1.23. The molecule has 0 bridgehead atoms. The third kappa shape index (κ3) is 4.74. The number of aryl methyl sites for hydroxylation is 1. The Morgan fingerprint density at radius 3 is 2.67 bits per heavy atom. The predicted octanol–water partition coefficient (Wildman–Crippen LogP) is 4.76. The molecule has 2 N–H and O–H groups in total. The van der Waals surface area contributed by atoms with Gasteiger partial charge in [-0.1, -0.05) is 18.2 Å². The van der Waals surface area contributed by atoms with Crippen LogP contribution in [0.5, 0.6) is 11.5 Å². The van der Waals surface area contributed by atoms with Gasteiger partial charge in [0.1, 0.15) is 23.4 Å². The summed E-state index contributed by atoms with van der Waals surface area (Å²) in [5, 5.41) is 15.5. The van der Waals surface area contributed by atoms with Crippen molar-refractivity contribution in [3.8, 4) is 11.5 Å². The molecule has 2 atom stereocenters. The van der Waals surface area contributed by atoms with Gasteiger partial charge in [-0.3, -0.25) is 9.59 Å². The summed E-state index contributed by atoms with van der Waals surface area (Å²) in [5.74, 6) is 0.579. The molecule has 42 heavy (non-hydrogen) atoms. The molecule has 3 aromatic carbocycles. The SMILES string of the molecule is COCOc1ccc(C(=O)NC2=CN3C=C(C(=O)N4C[C@@H](CCl)c5c4cc(O)c4cccc(C)c54)N(C)C3C=C2)cc1. The number of amides is 2. The van der Waals surface area contributed by atoms with Crippen LogP contribution in [0.15, 0.2) is 84.5 Å². The van der Waals surface area contributed by atoms with Crippen LogP contribution in [-0.2, 0) is 9.53 Å². The number of carbonyl (C=O) groups excluding carboxylic acids is 2. The Bertz CT molecular complexity index is 1670. The number of phenols is 1. The molecular weight excluding hydrogens is 556 g/mol. The maximum Gasteiger partial charge on any atom is 0.276 e. The highest BCUT2D eigenvalue weighted by Crippen LogP contribution is 2.47. The lowest BCUT2D eigenvalue weighted by molar-refractivity contribution is -0.116. The molecule has 216 valence electrons. The van der Waals surface area contributed by atoms with E-state index in [9.17, 15) is 14.7 Å². The summed E-state index contributed by atoms with van der Waals surface area (Å²) in [6.45, 7) is 2.55. The lowest BCUT2D eigenvalue weighted by Crippen LogP contribution is -2.40. The molecule has 0 spiro atoms. The average Bonchev–Trinajstić information content (AvgIpc) is 3.53. The number of alkyl halides is 1. The number of fused-ring (bicyclic) bond motifs is 4. The van der Waals surface area contributed by atoms with Crippen LogP contribution in [0.25, 0.3) is 10.8 Å². The first kappa shape index (κ1) is 27.7. The van der Waals surface area contributed by atoms with Gasteiger partial charge in [0.15, 0.2) is 6.79 Å². The van der Waals surface area contributed by atoms with Gasteiger partial charge in [-0.15, -0.1) is 11.6 Å². The second-order valence-corrected chi connectivity index (χ2v) is 10.9. The van der Waals surface area contributed by atoms with Crippen LogP contribution >= 0.6 is 11.6 Å². The molecule has 0 aliphatic carbocycles. The second kappa shape index (κ2) is 11.1. The third-order valence-corrected chi connectivity index (χ3v) is 8.30. The van der Waals surface area contributed by atoms with Gasteiger partial charge in [0.25, 0.3) is 11.8 Å². The summed E-state index contributed by atoms with van der Waals surface area (Å²) >= 11 is 6.42. The molecule has 0 fully saturated rings. The van der Waals surface area contributed by atoms with Crippen molar-refractivity contribution in [1.29, 1.82) is 0 Å². The summed E-state index contributed by atoms with van der Waals surface area (Å²) in [7, 11) is 3.40. The van der Waals surface area contributed by atoms with E-state index >= 15 is 0 Å². The number of hydrogen-bond donors (Lipinski definition) is 2. The smallest absolute Gasteiger partial charge is 0.276 e. The minimum absolute atomic E-state index is 0.0630. The van der Waals surface area contributed by atoms with E-state index in [2.05, 4.69) is 5.32 Å². The van der Waals surface area contributed by atoms with Gasteiger partial charge in [0.05, 0.1) is 11.4 Å². The number of halogens is 1. The minimum atomic E-state index is -0.265. The second-order valence-electron chi connectivity index (χ2n) is 10.6. The molecule has 3 aliphatic heterocycles. The fourth-order valence-corrected chi connectivity index (χ4v) is 6.11. The topological polar surface area (TPSA) is 94.6 Å². The number of likely N-dealkylation sites (N-methyl/N-ethyl adjacent to an activating group) is 1. The van der Waals surface area contributed by atoms with Gasteiger partial charge in [-0.05, 0) is 59.9 Å². The zero-order chi connectivity index (χ0) is 29.5. The van der Waals surface area contributed by atoms with E-state index in [0.717, 1.165) is 21.9 Å². The van der Waals surface area contributed by atoms with Crippen molar-refractivity contribution >= 4 is 39.9 Å². The standard InChI is InChI=1S/C32H31ClN4O5/c1-19-5-4-6-24-27(38)13-25-30(29(19)24)21(14-33)15-37(25)32(40)26-17-36-16-22(9-12-28(36)35(26)2)34-31(39)20-7-10-23(11-8-20)42-18-41-3/h4-13,16-17,21,28,38H,14-15,18H2,1-3H3,(H,34,39)/t21-,28?/m1/s1. The van der Waals surface area contributed by atoms with Gasteiger partial charge in [0.2, 0.25) is 0 Å². The Morgan fingerprint density at radius 1 is 1.14 bits per heavy atom. The number of benzene rings is 3. The first-order valence-corrected chi connectivity index (χ1v) is 14.1. The number of hydrogen-bond acceptors (Lipinski definition) is 7. The number of allylic oxidation sites excluding steroid dienone is 1. The fraction of sp³-hybridized carbons (Fsp3) is 0.250. The Kier molecular flexibility index (Phi) is 7.30. The zero-order valence-corrected chi connectivity index (χ0v) is 24.3. The molecule has 1 unspecified atom stereocenters. The van der Waals surface area contributed by atoms with Gasteiger partial charge in [-0.25, -0.2) is 0 Å². The van der Waals surface area contributed by atoms with Crippen molar-refractivity contribution in [2.75, 3.05) is 38.3 Å². The molecule has 3 aromatic rings. The molecule has 9 nitrogen and oxygen atoms in total. The molecular formula is C32H31ClN4O5. The van der Waals surface area contributed by atoms with Crippen LogP contribution in [-0.4, -0.2) is 66.3 Å². The van der Waals surface area contributed by atoms with E-state index in [4.69, 9.17) is 21.1 Å². The summed E-state index contributed by atoms with van der Waals surface area (Å²) in [5.41, 5.74) is 4.26. The highest BCUT2D eigenvalue weighted by Gasteiger charge is 2.40. The Morgan fingerprint density at radius 2 is 1.93 bits per heavy atom. The van der Waals surface area contributed by atoms with E-state index in [0.29, 0.717) is 40.8 Å². The number of rotatable bonds is 7. The van der Waals surface area contributed by atoms with Crippen molar-refractivity contribution in [2.24, 2.45) is 0 Å². The number of methoxy groups -OCH3 is 1. The monoisotopic (exact) mass is 586 g/mol. The number of anilines is 1. The molecule has 3 aliphatic rings. The highest BCUT2D eigenvalue weighted by molar-refractivity contribution is 6.19. The van der Waals surface area contributed by atoms with E-state index in [1.54, 1.807) is 54.7 Å². The van der Waals surface area contributed by atoms with Gasteiger partial charge in [-0.2, -0.15) is 0 Å². The lowest BCUT2D eigenvalue weighted by Gasteiger charge is -2.30. The largest absolute Gasteiger partial charge is 0.507 e. The minimum Gasteiger partial charge on any atom is -0.507 e. The number of carbonyl (C=O) groups is 2. The molecule has 2 amide bonds. The van der Waals surface area contributed by atoms with Crippen molar-refractivity contribution < 1.29 is 24.2 Å². The van der Waals surface area contributed by atoms with Crippen molar-refractivity contribution in [1.82, 2.24) is 15.1 Å².